The largest absolute Gasteiger partial charge is 0.380 e. The quantitative estimate of drug-likeness (QED) is 0.747. The highest BCUT2D eigenvalue weighted by Gasteiger charge is 2.28. The number of ether oxygens (including phenoxy) is 1. The minimum absolute atomic E-state index is 0.0990. The van der Waals surface area contributed by atoms with Crippen molar-refractivity contribution in [2.75, 3.05) is 26.3 Å². The zero-order valence-electron chi connectivity index (χ0n) is 9.42. The third kappa shape index (κ3) is 2.49. The number of sulfonamides is 1. The molecule has 0 spiro atoms. The first kappa shape index (κ1) is 12.5. The average Bonchev–Trinajstić information content (AvgIpc) is 2.63. The Morgan fingerprint density at radius 2 is 2.29 bits per heavy atom. The van der Waals surface area contributed by atoms with Crippen LogP contribution in [0.3, 0.4) is 0 Å². The van der Waals surface area contributed by atoms with Gasteiger partial charge >= 0.3 is 0 Å². The van der Waals surface area contributed by atoms with Crippen LogP contribution in [0.5, 0.6) is 0 Å². The summed E-state index contributed by atoms with van der Waals surface area (Å²) in [5, 5.41) is 6.35. The molecule has 0 aromatic carbocycles. The second-order valence-electron chi connectivity index (χ2n) is 3.80. The van der Waals surface area contributed by atoms with Crippen molar-refractivity contribution in [1.29, 1.82) is 0 Å². The van der Waals surface area contributed by atoms with Crippen molar-refractivity contribution in [1.82, 2.24) is 14.5 Å². The van der Waals surface area contributed by atoms with E-state index in [-0.39, 0.29) is 11.6 Å². The van der Waals surface area contributed by atoms with Crippen LogP contribution in [0.4, 0.5) is 0 Å². The Labute approximate surface area is 100.0 Å². The molecule has 0 bridgehead atoms. The lowest BCUT2D eigenvalue weighted by Crippen LogP contribution is -2.34. The van der Waals surface area contributed by atoms with Gasteiger partial charge in [0.05, 0.1) is 12.8 Å². The maximum atomic E-state index is 12.3. The van der Waals surface area contributed by atoms with Crippen LogP contribution in [0.2, 0.25) is 0 Å². The number of hydrogen-bond acceptors (Lipinski definition) is 5. The van der Waals surface area contributed by atoms with Crippen molar-refractivity contribution in [2.24, 2.45) is 5.73 Å². The normalized spacial score (nSPS) is 19.1. The number of aromatic amines is 1. The molecule has 0 saturated carbocycles. The third-order valence-corrected chi connectivity index (χ3v) is 4.59. The zero-order chi connectivity index (χ0) is 12.3. The highest BCUT2D eigenvalue weighted by atomic mass is 32.2. The predicted octanol–water partition coefficient (Wildman–Crippen LogP) is -0.721. The van der Waals surface area contributed by atoms with E-state index in [1.165, 1.54) is 10.5 Å². The summed E-state index contributed by atoms with van der Waals surface area (Å²) >= 11 is 0. The van der Waals surface area contributed by atoms with Gasteiger partial charge in [-0.3, -0.25) is 5.10 Å². The molecule has 2 rings (SSSR count). The van der Waals surface area contributed by atoms with E-state index in [1.807, 2.05) is 0 Å². The van der Waals surface area contributed by atoms with Gasteiger partial charge < -0.3 is 10.5 Å². The summed E-state index contributed by atoms with van der Waals surface area (Å²) in [6.45, 7) is 2.00. The molecule has 0 amide bonds. The van der Waals surface area contributed by atoms with E-state index in [4.69, 9.17) is 10.5 Å². The van der Waals surface area contributed by atoms with Crippen LogP contribution in [-0.4, -0.2) is 49.2 Å². The highest BCUT2D eigenvalue weighted by molar-refractivity contribution is 7.89. The SMILES string of the molecule is NCc1cn[nH]c1S(=O)(=O)N1CCCOCC1. The van der Waals surface area contributed by atoms with Crippen LogP contribution >= 0.6 is 0 Å². The molecular weight excluding hydrogens is 244 g/mol. The fourth-order valence-corrected chi connectivity index (χ4v) is 3.34. The number of aromatic nitrogens is 2. The molecule has 1 aromatic rings. The molecule has 1 aromatic heterocycles. The summed E-state index contributed by atoms with van der Waals surface area (Å²) in [4.78, 5) is 0. The van der Waals surface area contributed by atoms with Crippen LogP contribution in [0, 0.1) is 0 Å². The molecule has 1 aliphatic rings. The monoisotopic (exact) mass is 260 g/mol. The van der Waals surface area contributed by atoms with Gasteiger partial charge in [0.15, 0.2) is 5.03 Å². The molecule has 7 nitrogen and oxygen atoms in total. The van der Waals surface area contributed by atoms with Crippen LogP contribution in [0.25, 0.3) is 0 Å². The Hall–Kier alpha value is -0.960. The van der Waals surface area contributed by atoms with Gasteiger partial charge in [-0.1, -0.05) is 0 Å². The molecule has 1 fully saturated rings. The van der Waals surface area contributed by atoms with Crippen LogP contribution in [-0.2, 0) is 21.3 Å². The van der Waals surface area contributed by atoms with Crippen LogP contribution in [0.15, 0.2) is 11.2 Å². The van der Waals surface area contributed by atoms with Gasteiger partial charge in [-0.15, -0.1) is 0 Å². The maximum Gasteiger partial charge on any atom is 0.260 e. The van der Waals surface area contributed by atoms with E-state index in [1.54, 1.807) is 0 Å². The molecule has 96 valence electrons. The first-order valence-electron chi connectivity index (χ1n) is 5.46. The first-order valence-corrected chi connectivity index (χ1v) is 6.90. The zero-order valence-corrected chi connectivity index (χ0v) is 10.2. The molecule has 2 heterocycles. The fourth-order valence-electron chi connectivity index (χ4n) is 1.76. The summed E-state index contributed by atoms with van der Waals surface area (Å²) in [5.41, 5.74) is 5.99. The van der Waals surface area contributed by atoms with Gasteiger partial charge in [0.25, 0.3) is 10.0 Å². The maximum absolute atomic E-state index is 12.3. The minimum Gasteiger partial charge on any atom is -0.380 e. The molecule has 1 aliphatic heterocycles. The molecule has 17 heavy (non-hydrogen) atoms. The Bertz CT molecular complexity index is 462. The van der Waals surface area contributed by atoms with Crippen molar-refractivity contribution in [3.63, 3.8) is 0 Å². The summed E-state index contributed by atoms with van der Waals surface area (Å²) < 4.78 is 31.3. The molecule has 0 unspecified atom stereocenters. The van der Waals surface area contributed by atoms with E-state index in [0.717, 1.165) is 0 Å². The van der Waals surface area contributed by atoms with Gasteiger partial charge in [-0.2, -0.15) is 9.40 Å². The molecule has 8 heteroatoms. The number of hydrogen-bond donors (Lipinski definition) is 2. The fraction of sp³-hybridized carbons (Fsp3) is 0.667. The van der Waals surface area contributed by atoms with Crippen molar-refractivity contribution >= 4 is 10.0 Å². The molecule has 0 aliphatic carbocycles. The highest BCUT2D eigenvalue weighted by Crippen LogP contribution is 2.18. The third-order valence-electron chi connectivity index (χ3n) is 2.68. The molecular formula is C9H16N4O3S. The lowest BCUT2D eigenvalue weighted by Gasteiger charge is -2.18. The summed E-state index contributed by atoms with van der Waals surface area (Å²) in [7, 11) is -3.53. The van der Waals surface area contributed by atoms with Gasteiger partial charge in [0.2, 0.25) is 0 Å². The van der Waals surface area contributed by atoms with E-state index in [0.29, 0.717) is 38.3 Å². The summed E-state index contributed by atoms with van der Waals surface area (Å²) in [6, 6.07) is 0. The van der Waals surface area contributed by atoms with Gasteiger partial charge in [-0.05, 0) is 6.42 Å². The Morgan fingerprint density at radius 3 is 3.06 bits per heavy atom. The lowest BCUT2D eigenvalue weighted by molar-refractivity contribution is 0.148. The van der Waals surface area contributed by atoms with Gasteiger partial charge in [0, 0.05) is 31.8 Å². The molecule has 1 saturated heterocycles. The van der Waals surface area contributed by atoms with Crippen molar-refractivity contribution in [2.45, 2.75) is 18.0 Å². The van der Waals surface area contributed by atoms with Crippen molar-refractivity contribution in [3.8, 4) is 0 Å². The smallest absolute Gasteiger partial charge is 0.260 e. The second kappa shape index (κ2) is 5.13. The summed E-state index contributed by atoms with van der Waals surface area (Å²) in [6.07, 6.45) is 2.15. The number of nitrogens with one attached hydrogen (secondary N) is 1. The minimum atomic E-state index is -3.53. The van der Waals surface area contributed by atoms with Gasteiger partial charge in [-0.25, -0.2) is 8.42 Å². The molecule has 0 radical (unpaired) electrons. The number of rotatable bonds is 3. The predicted molar refractivity (Wildman–Crippen MR) is 60.7 cm³/mol. The Kier molecular flexibility index (Phi) is 3.77. The van der Waals surface area contributed by atoms with E-state index >= 15 is 0 Å². The summed E-state index contributed by atoms with van der Waals surface area (Å²) in [5.74, 6) is 0. The Balaban J connectivity index is 2.28. The number of nitrogens with zero attached hydrogens (tertiary/aromatic N) is 2. The molecule has 3 N–H and O–H groups in total. The number of nitrogens with two attached hydrogens (primary N) is 1. The van der Waals surface area contributed by atoms with E-state index in [2.05, 4.69) is 10.2 Å². The van der Waals surface area contributed by atoms with E-state index in [9.17, 15) is 8.42 Å². The van der Waals surface area contributed by atoms with Crippen LogP contribution in [0.1, 0.15) is 12.0 Å². The standard InChI is InChI=1S/C9H16N4O3S/c10-6-8-7-11-12-9(8)17(14,15)13-2-1-4-16-5-3-13/h7H,1-6,10H2,(H,11,12). The second-order valence-corrected chi connectivity index (χ2v) is 5.67. The Morgan fingerprint density at radius 1 is 1.47 bits per heavy atom. The van der Waals surface area contributed by atoms with E-state index < -0.39 is 10.0 Å². The first-order chi connectivity index (χ1) is 8.16. The topological polar surface area (TPSA) is 101 Å². The van der Waals surface area contributed by atoms with Crippen LogP contribution < -0.4 is 5.73 Å². The van der Waals surface area contributed by atoms with Crippen molar-refractivity contribution < 1.29 is 13.2 Å². The van der Waals surface area contributed by atoms with Crippen molar-refractivity contribution in [3.05, 3.63) is 11.8 Å². The van der Waals surface area contributed by atoms with Gasteiger partial charge in [0.1, 0.15) is 0 Å². The molecule has 0 atom stereocenters. The lowest BCUT2D eigenvalue weighted by atomic mass is 10.4. The average molecular weight is 260 g/mol. The number of H-pyrrole nitrogens is 1.